The lowest BCUT2D eigenvalue weighted by atomic mass is 9.53. The van der Waals surface area contributed by atoms with Gasteiger partial charge < -0.3 is 31.1 Å². The molecule has 0 spiro atoms. The monoisotopic (exact) mass is 516 g/mol. The van der Waals surface area contributed by atoms with E-state index in [2.05, 4.69) is 20.9 Å². The third-order valence-corrected chi connectivity index (χ3v) is 8.80. The fraction of sp³-hybridized carbons (Fsp3) is 0.467. The topological polar surface area (TPSA) is 126 Å². The van der Waals surface area contributed by atoms with Crippen LogP contribution in [0.3, 0.4) is 0 Å². The maximum Gasteiger partial charge on any atom is 0.319 e. The summed E-state index contributed by atoms with van der Waals surface area (Å²) in [5.41, 5.74) is 2.52. The molecule has 3 aromatic rings. The molecule has 0 saturated heterocycles. The van der Waals surface area contributed by atoms with Gasteiger partial charge in [0.15, 0.2) is 0 Å². The van der Waals surface area contributed by atoms with Crippen LogP contribution in [-0.4, -0.2) is 39.9 Å². The number of nitrogens with one attached hydrogen (secondary N) is 4. The number of benzene rings is 2. The van der Waals surface area contributed by atoms with Crippen LogP contribution >= 0.6 is 0 Å². The number of amides is 2. The van der Waals surface area contributed by atoms with Gasteiger partial charge >= 0.3 is 6.03 Å². The molecule has 200 valence electrons. The van der Waals surface area contributed by atoms with Crippen LogP contribution < -0.4 is 21.5 Å². The average molecular weight is 517 g/mol. The summed E-state index contributed by atoms with van der Waals surface area (Å²) in [6.07, 6.45) is 7.37. The summed E-state index contributed by atoms with van der Waals surface area (Å²) in [7, 11) is 0. The molecule has 4 saturated carbocycles. The van der Waals surface area contributed by atoms with Crippen molar-refractivity contribution in [3.63, 3.8) is 0 Å². The normalized spacial score (nSPS) is 26.4. The molecule has 2 aromatic carbocycles. The van der Waals surface area contributed by atoms with E-state index in [9.17, 15) is 19.8 Å². The molecule has 0 unspecified atom stereocenters. The van der Waals surface area contributed by atoms with Gasteiger partial charge in [-0.25, -0.2) is 4.79 Å². The highest BCUT2D eigenvalue weighted by atomic mass is 16.3. The SMILES string of the molecule is O=C(Nc1cccc(CCNC[C@@H](O)c2ccc(O)c3[nH]c(=O)ccc23)c1)NC12CC3CC(CC(C3)C1)C2. The standard InChI is InChI=1S/C30H36N4O4/c35-25-6-4-23(24-5-7-27(37)33-28(24)25)26(36)17-31-9-8-18-2-1-3-22(13-18)32-29(38)34-30-14-19-10-20(15-30)12-21(11-19)16-30/h1-7,13,19-21,26,31,35-36H,8-12,14-17H2,(H,33,37)(H2,32,34,38)/t19?,20?,21?,26-,30?/m1/s1. The number of aromatic hydroxyl groups is 1. The van der Waals surface area contributed by atoms with Crippen LogP contribution in [-0.2, 0) is 6.42 Å². The highest BCUT2D eigenvalue weighted by molar-refractivity contribution is 5.90. The number of rotatable bonds is 8. The van der Waals surface area contributed by atoms with Crippen LogP contribution in [0.5, 0.6) is 5.75 Å². The number of phenolic OH excluding ortho intramolecular Hbond substituents is 1. The first-order chi connectivity index (χ1) is 18.4. The van der Waals surface area contributed by atoms with Crippen molar-refractivity contribution < 1.29 is 15.0 Å². The Morgan fingerprint density at radius 2 is 1.76 bits per heavy atom. The van der Waals surface area contributed by atoms with E-state index in [1.807, 2.05) is 24.3 Å². The number of H-pyrrole nitrogens is 1. The van der Waals surface area contributed by atoms with Gasteiger partial charge in [-0.15, -0.1) is 0 Å². The summed E-state index contributed by atoms with van der Waals surface area (Å²) < 4.78 is 0. The Kier molecular flexibility index (Phi) is 6.61. The van der Waals surface area contributed by atoms with Gasteiger partial charge in [0, 0.05) is 29.2 Å². The fourth-order valence-electron chi connectivity index (χ4n) is 7.60. The first-order valence-electron chi connectivity index (χ1n) is 13.8. The zero-order valence-electron chi connectivity index (χ0n) is 21.5. The Hall–Kier alpha value is -3.36. The third-order valence-electron chi connectivity index (χ3n) is 8.80. The summed E-state index contributed by atoms with van der Waals surface area (Å²) in [4.78, 5) is 27.2. The van der Waals surface area contributed by atoms with Crippen molar-refractivity contribution in [3.8, 4) is 5.75 Å². The van der Waals surface area contributed by atoms with Crippen molar-refractivity contribution in [2.75, 3.05) is 18.4 Å². The summed E-state index contributed by atoms with van der Waals surface area (Å²) >= 11 is 0. The highest BCUT2D eigenvalue weighted by Crippen LogP contribution is 2.55. The molecular formula is C30H36N4O4. The largest absolute Gasteiger partial charge is 0.506 e. The molecule has 1 heterocycles. The van der Waals surface area contributed by atoms with E-state index in [-0.39, 0.29) is 22.9 Å². The molecule has 4 aliphatic carbocycles. The number of carbonyl (C=O) groups is 1. The first kappa shape index (κ1) is 24.9. The summed E-state index contributed by atoms with van der Waals surface area (Å²) in [6, 6.07) is 14.0. The third kappa shape index (κ3) is 5.15. The first-order valence-corrected chi connectivity index (χ1v) is 13.8. The average Bonchev–Trinajstić information content (AvgIpc) is 2.86. The fourth-order valence-corrected chi connectivity index (χ4v) is 7.60. The molecule has 4 aliphatic rings. The van der Waals surface area contributed by atoms with Gasteiger partial charge in [-0.05, 0) is 105 Å². The molecule has 0 radical (unpaired) electrons. The number of carbonyl (C=O) groups excluding carboxylic acids is 1. The van der Waals surface area contributed by atoms with Crippen molar-refractivity contribution in [2.45, 2.75) is 56.6 Å². The van der Waals surface area contributed by atoms with Crippen LogP contribution in [0.15, 0.2) is 53.3 Å². The molecule has 8 nitrogen and oxygen atoms in total. The molecule has 6 N–H and O–H groups in total. The number of phenols is 1. The van der Waals surface area contributed by atoms with E-state index in [1.54, 1.807) is 12.1 Å². The minimum atomic E-state index is -0.801. The molecule has 1 atom stereocenters. The number of aliphatic hydroxyl groups is 1. The van der Waals surface area contributed by atoms with Crippen molar-refractivity contribution in [2.24, 2.45) is 17.8 Å². The zero-order valence-corrected chi connectivity index (χ0v) is 21.5. The van der Waals surface area contributed by atoms with Gasteiger partial charge in [0.1, 0.15) is 5.75 Å². The van der Waals surface area contributed by atoms with E-state index >= 15 is 0 Å². The molecule has 8 heteroatoms. The Balaban J connectivity index is 1.01. The summed E-state index contributed by atoms with van der Waals surface area (Å²) in [5, 5.41) is 31.1. The number of hydrogen-bond acceptors (Lipinski definition) is 5. The molecule has 4 fully saturated rings. The number of aromatic nitrogens is 1. The molecule has 4 bridgehead atoms. The lowest BCUT2D eigenvalue weighted by molar-refractivity contribution is -0.0127. The van der Waals surface area contributed by atoms with E-state index in [0.717, 1.165) is 54.7 Å². The van der Waals surface area contributed by atoms with Crippen molar-refractivity contribution >= 4 is 22.6 Å². The van der Waals surface area contributed by atoms with Gasteiger partial charge in [0.05, 0.1) is 11.6 Å². The second-order valence-corrected chi connectivity index (χ2v) is 11.7. The lowest BCUT2D eigenvalue weighted by Crippen LogP contribution is -2.60. The second-order valence-electron chi connectivity index (χ2n) is 11.7. The number of urea groups is 1. The van der Waals surface area contributed by atoms with Gasteiger partial charge in [-0.1, -0.05) is 18.2 Å². The van der Waals surface area contributed by atoms with Crippen LogP contribution in [0.1, 0.15) is 55.8 Å². The smallest absolute Gasteiger partial charge is 0.319 e. The van der Waals surface area contributed by atoms with Gasteiger partial charge in [-0.3, -0.25) is 4.79 Å². The summed E-state index contributed by atoms with van der Waals surface area (Å²) in [5.74, 6) is 2.33. The Morgan fingerprint density at radius 1 is 1.03 bits per heavy atom. The highest BCUT2D eigenvalue weighted by Gasteiger charge is 2.51. The van der Waals surface area contributed by atoms with E-state index in [1.165, 1.54) is 31.4 Å². The number of hydrogen-bond donors (Lipinski definition) is 6. The molecular weight excluding hydrogens is 480 g/mol. The minimum Gasteiger partial charge on any atom is -0.506 e. The van der Waals surface area contributed by atoms with Crippen molar-refractivity contribution in [3.05, 3.63) is 70.0 Å². The number of fused-ring (bicyclic) bond motifs is 1. The van der Waals surface area contributed by atoms with Gasteiger partial charge in [-0.2, -0.15) is 0 Å². The Labute approximate surface area is 221 Å². The maximum atomic E-state index is 12.9. The Morgan fingerprint density at radius 3 is 2.50 bits per heavy atom. The predicted molar refractivity (Wildman–Crippen MR) is 147 cm³/mol. The number of pyridine rings is 1. The quantitative estimate of drug-likeness (QED) is 0.250. The van der Waals surface area contributed by atoms with Crippen molar-refractivity contribution in [1.82, 2.24) is 15.6 Å². The number of anilines is 1. The minimum absolute atomic E-state index is 0.0146. The van der Waals surface area contributed by atoms with Crippen LogP contribution in [0.25, 0.3) is 10.9 Å². The van der Waals surface area contributed by atoms with Gasteiger partial charge in [0.25, 0.3) is 0 Å². The predicted octanol–water partition coefficient (Wildman–Crippen LogP) is 4.19. The van der Waals surface area contributed by atoms with E-state index in [4.69, 9.17) is 0 Å². The summed E-state index contributed by atoms with van der Waals surface area (Å²) in [6.45, 7) is 0.969. The van der Waals surface area contributed by atoms with E-state index < -0.39 is 6.10 Å². The van der Waals surface area contributed by atoms with Crippen LogP contribution in [0.4, 0.5) is 10.5 Å². The lowest BCUT2D eigenvalue weighted by Gasteiger charge is -2.56. The zero-order chi connectivity index (χ0) is 26.3. The molecule has 2 amide bonds. The molecule has 1 aromatic heterocycles. The molecule has 0 aliphatic heterocycles. The molecule has 38 heavy (non-hydrogen) atoms. The second kappa shape index (κ2) is 10.1. The number of aliphatic hydroxyl groups excluding tert-OH is 1. The molecule has 7 rings (SSSR count). The van der Waals surface area contributed by atoms with Gasteiger partial charge in [0.2, 0.25) is 5.56 Å². The number of aromatic amines is 1. The maximum absolute atomic E-state index is 12.9. The Bertz CT molecular complexity index is 1370. The van der Waals surface area contributed by atoms with Crippen LogP contribution in [0, 0.1) is 17.8 Å². The van der Waals surface area contributed by atoms with Crippen molar-refractivity contribution in [1.29, 1.82) is 0 Å². The van der Waals surface area contributed by atoms with Crippen LogP contribution in [0.2, 0.25) is 0 Å². The van der Waals surface area contributed by atoms with E-state index in [0.29, 0.717) is 29.6 Å².